The van der Waals surface area contributed by atoms with Crippen LogP contribution in [0.2, 0.25) is 10.0 Å². The number of sulfonamides is 1. The molecule has 0 saturated heterocycles. The average Bonchev–Trinajstić information content (AvgIpc) is 2.54. The van der Waals surface area contributed by atoms with Crippen molar-refractivity contribution in [2.75, 3.05) is 28.7 Å². The van der Waals surface area contributed by atoms with Crippen LogP contribution in [0.15, 0.2) is 47.4 Å². The number of benzene rings is 2. The van der Waals surface area contributed by atoms with Gasteiger partial charge in [0.05, 0.1) is 17.0 Å². The summed E-state index contributed by atoms with van der Waals surface area (Å²) in [4.78, 5) is 13.3. The Labute approximate surface area is 161 Å². The quantitative estimate of drug-likeness (QED) is 0.716. The van der Waals surface area contributed by atoms with Crippen molar-refractivity contribution in [1.29, 1.82) is 0 Å². The number of rotatable bonds is 6. The van der Waals surface area contributed by atoms with E-state index in [1.165, 1.54) is 23.9 Å². The molecule has 25 heavy (non-hydrogen) atoms. The number of hydrogen-bond acceptors (Lipinski definition) is 4. The number of halogens is 2. The molecule has 5 nitrogen and oxygen atoms in total. The first-order valence-corrected chi connectivity index (χ1v) is 10.9. The number of thioether (sulfide) groups is 1. The van der Waals surface area contributed by atoms with E-state index in [0.29, 0.717) is 10.7 Å². The highest BCUT2D eigenvalue weighted by Crippen LogP contribution is 2.30. The standard InChI is InChI=1S/C16H16Cl2N2O3S2/c1-24-13-5-3-4-12(9-13)19-16(21)10-20(25(2,22)23)15-8-11(17)6-7-14(15)18/h3-9H,10H2,1-2H3,(H,19,21). The molecule has 0 aliphatic rings. The third kappa shape index (κ3) is 5.54. The normalized spacial score (nSPS) is 11.2. The van der Waals surface area contributed by atoms with Crippen molar-refractivity contribution in [3.63, 3.8) is 0 Å². The SMILES string of the molecule is CSc1cccc(NC(=O)CN(c2cc(Cl)ccc2Cl)S(C)(=O)=O)c1. The molecule has 134 valence electrons. The maximum absolute atomic E-state index is 12.3. The minimum atomic E-state index is -3.73. The summed E-state index contributed by atoms with van der Waals surface area (Å²) in [6.07, 6.45) is 2.93. The summed E-state index contributed by atoms with van der Waals surface area (Å²) in [6, 6.07) is 11.7. The van der Waals surface area contributed by atoms with Crippen LogP contribution < -0.4 is 9.62 Å². The second-order valence-corrected chi connectivity index (χ2v) is 8.78. The lowest BCUT2D eigenvalue weighted by atomic mass is 10.3. The Morgan fingerprint density at radius 3 is 2.56 bits per heavy atom. The number of amides is 1. The fourth-order valence-electron chi connectivity index (χ4n) is 2.09. The smallest absolute Gasteiger partial charge is 0.245 e. The summed E-state index contributed by atoms with van der Waals surface area (Å²) in [5.41, 5.74) is 0.743. The molecule has 0 heterocycles. The molecule has 0 fully saturated rings. The zero-order chi connectivity index (χ0) is 18.6. The lowest BCUT2D eigenvalue weighted by molar-refractivity contribution is -0.114. The van der Waals surface area contributed by atoms with Crippen LogP contribution in [0, 0.1) is 0 Å². The highest BCUT2D eigenvalue weighted by Gasteiger charge is 2.23. The van der Waals surface area contributed by atoms with E-state index in [0.717, 1.165) is 15.5 Å². The second-order valence-electron chi connectivity index (χ2n) is 5.15. The first-order valence-electron chi connectivity index (χ1n) is 7.07. The predicted molar refractivity (Wildman–Crippen MR) is 106 cm³/mol. The number of carbonyl (C=O) groups excluding carboxylic acids is 1. The largest absolute Gasteiger partial charge is 0.324 e. The van der Waals surface area contributed by atoms with Crippen LogP contribution >= 0.6 is 35.0 Å². The molecule has 2 aromatic carbocycles. The molecule has 2 rings (SSSR count). The molecular formula is C16H16Cl2N2O3S2. The Morgan fingerprint density at radius 1 is 1.20 bits per heavy atom. The number of carbonyl (C=O) groups is 1. The van der Waals surface area contributed by atoms with Crippen LogP contribution in [0.3, 0.4) is 0 Å². The third-order valence-corrected chi connectivity index (χ3v) is 5.62. The molecule has 0 bridgehead atoms. The highest BCUT2D eigenvalue weighted by molar-refractivity contribution is 7.98. The summed E-state index contributed by atoms with van der Waals surface area (Å²) in [6.45, 7) is -0.414. The van der Waals surface area contributed by atoms with E-state index in [1.54, 1.807) is 18.2 Å². The molecule has 9 heteroatoms. The maximum atomic E-state index is 12.3. The van der Waals surface area contributed by atoms with Crippen molar-refractivity contribution < 1.29 is 13.2 Å². The van der Waals surface area contributed by atoms with E-state index in [4.69, 9.17) is 23.2 Å². The van der Waals surface area contributed by atoms with Crippen LogP contribution in [0.5, 0.6) is 0 Å². The van der Waals surface area contributed by atoms with Crippen molar-refractivity contribution in [3.8, 4) is 0 Å². The van der Waals surface area contributed by atoms with E-state index in [9.17, 15) is 13.2 Å². The molecule has 0 aliphatic heterocycles. The predicted octanol–water partition coefficient (Wildman–Crippen LogP) is 4.12. The van der Waals surface area contributed by atoms with E-state index >= 15 is 0 Å². The lowest BCUT2D eigenvalue weighted by Crippen LogP contribution is -2.37. The molecule has 2 aromatic rings. The Bertz CT molecular complexity index is 889. The molecule has 0 atom stereocenters. The monoisotopic (exact) mass is 418 g/mol. The van der Waals surface area contributed by atoms with Crippen LogP contribution in [0.25, 0.3) is 0 Å². The van der Waals surface area contributed by atoms with Crippen LogP contribution in [0.4, 0.5) is 11.4 Å². The Kier molecular flexibility index (Phi) is 6.62. The number of nitrogens with zero attached hydrogens (tertiary/aromatic N) is 1. The molecule has 0 aromatic heterocycles. The summed E-state index contributed by atoms with van der Waals surface area (Å²) >= 11 is 13.5. The molecule has 0 spiro atoms. The van der Waals surface area contributed by atoms with Crippen LogP contribution in [0.1, 0.15) is 0 Å². The van der Waals surface area contributed by atoms with Gasteiger partial charge >= 0.3 is 0 Å². The summed E-state index contributed by atoms with van der Waals surface area (Å²) in [5.74, 6) is -0.486. The van der Waals surface area contributed by atoms with Crippen LogP contribution in [-0.4, -0.2) is 33.4 Å². The maximum Gasteiger partial charge on any atom is 0.245 e. The van der Waals surface area contributed by atoms with Crippen molar-refractivity contribution in [2.45, 2.75) is 4.90 Å². The van der Waals surface area contributed by atoms with Crippen molar-refractivity contribution >= 4 is 62.3 Å². The van der Waals surface area contributed by atoms with Gasteiger partial charge in [-0.1, -0.05) is 29.3 Å². The van der Waals surface area contributed by atoms with E-state index < -0.39 is 22.5 Å². The minimum absolute atomic E-state index is 0.157. The fourth-order valence-corrected chi connectivity index (χ4v) is 3.85. The minimum Gasteiger partial charge on any atom is -0.324 e. The highest BCUT2D eigenvalue weighted by atomic mass is 35.5. The van der Waals surface area contributed by atoms with Gasteiger partial charge in [-0.25, -0.2) is 8.42 Å². The van der Waals surface area contributed by atoms with E-state index in [-0.39, 0.29) is 10.7 Å². The summed E-state index contributed by atoms with van der Waals surface area (Å²) in [7, 11) is -3.73. The van der Waals surface area contributed by atoms with Gasteiger partial charge in [0.2, 0.25) is 15.9 Å². The van der Waals surface area contributed by atoms with Gasteiger partial charge in [-0.05, 0) is 42.7 Å². The first-order chi connectivity index (χ1) is 11.7. The zero-order valence-electron chi connectivity index (χ0n) is 13.5. The lowest BCUT2D eigenvalue weighted by Gasteiger charge is -2.23. The van der Waals surface area contributed by atoms with Crippen molar-refractivity contribution in [3.05, 3.63) is 52.5 Å². The molecule has 1 amide bonds. The van der Waals surface area contributed by atoms with Crippen molar-refractivity contribution in [1.82, 2.24) is 0 Å². The Hall–Kier alpha value is -1.41. The van der Waals surface area contributed by atoms with Gasteiger partial charge in [-0.3, -0.25) is 9.10 Å². The van der Waals surface area contributed by atoms with Gasteiger partial charge in [0.1, 0.15) is 6.54 Å². The molecule has 0 saturated carbocycles. The molecule has 0 aliphatic carbocycles. The molecule has 0 radical (unpaired) electrons. The van der Waals surface area contributed by atoms with Crippen molar-refractivity contribution in [2.24, 2.45) is 0 Å². The Balaban J connectivity index is 2.25. The van der Waals surface area contributed by atoms with E-state index in [1.807, 2.05) is 18.4 Å². The second kappa shape index (κ2) is 8.31. The number of anilines is 2. The Morgan fingerprint density at radius 2 is 1.92 bits per heavy atom. The zero-order valence-corrected chi connectivity index (χ0v) is 16.6. The fraction of sp³-hybridized carbons (Fsp3) is 0.188. The first kappa shape index (κ1) is 19.9. The van der Waals surface area contributed by atoms with Crippen LogP contribution in [-0.2, 0) is 14.8 Å². The van der Waals surface area contributed by atoms with Gasteiger partial charge in [-0.2, -0.15) is 0 Å². The van der Waals surface area contributed by atoms with Gasteiger partial charge in [-0.15, -0.1) is 11.8 Å². The summed E-state index contributed by atoms with van der Waals surface area (Å²) < 4.78 is 25.2. The van der Waals surface area contributed by atoms with E-state index in [2.05, 4.69) is 5.32 Å². The van der Waals surface area contributed by atoms with Gasteiger partial charge in [0.25, 0.3) is 0 Å². The number of nitrogens with one attached hydrogen (secondary N) is 1. The molecule has 0 unspecified atom stereocenters. The number of hydrogen-bond donors (Lipinski definition) is 1. The average molecular weight is 419 g/mol. The molecule has 1 N–H and O–H groups in total. The topological polar surface area (TPSA) is 66.5 Å². The summed E-state index contributed by atoms with van der Waals surface area (Å²) in [5, 5.41) is 3.20. The molecular weight excluding hydrogens is 403 g/mol. The third-order valence-electron chi connectivity index (χ3n) is 3.22. The van der Waals surface area contributed by atoms with Gasteiger partial charge in [0.15, 0.2) is 0 Å². The van der Waals surface area contributed by atoms with Gasteiger partial charge in [0, 0.05) is 15.6 Å². The van der Waals surface area contributed by atoms with Gasteiger partial charge < -0.3 is 5.32 Å².